The van der Waals surface area contributed by atoms with Gasteiger partial charge in [-0.3, -0.25) is 14.9 Å². The average molecular weight is 293 g/mol. The number of amides is 1. The van der Waals surface area contributed by atoms with Gasteiger partial charge in [0, 0.05) is 32.3 Å². The number of nitro groups is 1. The van der Waals surface area contributed by atoms with Gasteiger partial charge in [-0.15, -0.1) is 0 Å². The summed E-state index contributed by atoms with van der Waals surface area (Å²) in [6.07, 6.45) is 0.743. The van der Waals surface area contributed by atoms with E-state index in [-0.39, 0.29) is 11.6 Å². The number of nitro benzene ring substituents is 1. The molecule has 1 aliphatic rings. The van der Waals surface area contributed by atoms with Crippen LogP contribution in [0, 0.1) is 15.5 Å². The van der Waals surface area contributed by atoms with Gasteiger partial charge in [0.25, 0.3) is 5.69 Å². The summed E-state index contributed by atoms with van der Waals surface area (Å²) in [5.41, 5.74) is 0.351. The molecule has 1 heterocycles. The number of benzene rings is 1. The van der Waals surface area contributed by atoms with E-state index < -0.39 is 10.3 Å². The first-order chi connectivity index (χ1) is 10.1. The zero-order valence-electron chi connectivity index (χ0n) is 11.9. The predicted octanol–water partition coefficient (Wildman–Crippen LogP) is 0.837. The Hall–Kier alpha value is -1.99. The maximum atomic E-state index is 12.4. The fraction of sp³-hybridized carbons (Fsp3) is 0.500. The Kier molecular flexibility index (Phi) is 4.87. The Labute approximate surface area is 122 Å². The molecular formula is C14H19N3O4. The molecule has 1 atom stereocenters. The lowest BCUT2D eigenvalue weighted by Crippen LogP contribution is -2.45. The number of hydrogen-bond acceptors (Lipinski definition) is 5. The summed E-state index contributed by atoms with van der Waals surface area (Å²) >= 11 is 0. The Bertz CT molecular complexity index is 509. The minimum atomic E-state index is -0.518. The number of carbonyl (C=O) groups is 1. The zero-order valence-corrected chi connectivity index (χ0v) is 11.9. The predicted molar refractivity (Wildman–Crippen MR) is 76.7 cm³/mol. The van der Waals surface area contributed by atoms with Gasteiger partial charge in [-0.05, 0) is 18.5 Å². The summed E-state index contributed by atoms with van der Waals surface area (Å²) in [6, 6.07) is 6.16. The Balaban J connectivity index is 1.95. The summed E-state index contributed by atoms with van der Waals surface area (Å²) < 4.78 is 5.17. The molecule has 21 heavy (non-hydrogen) atoms. The molecule has 114 valence electrons. The van der Waals surface area contributed by atoms with Crippen LogP contribution in [0.15, 0.2) is 24.3 Å². The fourth-order valence-corrected chi connectivity index (χ4v) is 2.51. The highest BCUT2D eigenvalue weighted by atomic mass is 16.6. The number of nitrogens with one attached hydrogen (secondary N) is 2. The minimum Gasteiger partial charge on any atom is -0.384 e. The van der Waals surface area contributed by atoms with Gasteiger partial charge in [0.1, 0.15) is 0 Å². The minimum absolute atomic E-state index is 0.0425. The van der Waals surface area contributed by atoms with Crippen LogP contribution in [0.25, 0.3) is 0 Å². The summed E-state index contributed by atoms with van der Waals surface area (Å²) in [5.74, 6) is -0.0484. The molecule has 1 unspecified atom stereocenters. The van der Waals surface area contributed by atoms with E-state index >= 15 is 0 Å². The van der Waals surface area contributed by atoms with Crippen molar-refractivity contribution in [2.24, 2.45) is 5.41 Å². The highest BCUT2D eigenvalue weighted by molar-refractivity contribution is 5.83. The van der Waals surface area contributed by atoms with E-state index in [0.717, 1.165) is 18.5 Å². The van der Waals surface area contributed by atoms with Gasteiger partial charge in [0.2, 0.25) is 5.91 Å². The van der Waals surface area contributed by atoms with Crippen molar-refractivity contribution in [2.45, 2.75) is 13.0 Å². The SMILES string of the molecule is COCC1(C(=O)NCc2ccc([N+](=O)[O-])cc2)CCNC1. The number of rotatable bonds is 6. The summed E-state index contributed by atoms with van der Waals surface area (Å²) in [5, 5.41) is 16.6. The van der Waals surface area contributed by atoms with Crippen molar-refractivity contribution in [1.29, 1.82) is 0 Å². The van der Waals surface area contributed by atoms with Gasteiger partial charge in [0.15, 0.2) is 0 Å². The van der Waals surface area contributed by atoms with E-state index in [2.05, 4.69) is 10.6 Å². The van der Waals surface area contributed by atoms with E-state index in [1.807, 2.05) is 0 Å². The third-order valence-electron chi connectivity index (χ3n) is 3.75. The van der Waals surface area contributed by atoms with Crippen molar-refractivity contribution >= 4 is 11.6 Å². The first kappa shape index (κ1) is 15.4. The third kappa shape index (κ3) is 3.56. The maximum Gasteiger partial charge on any atom is 0.269 e. The van der Waals surface area contributed by atoms with Gasteiger partial charge in [-0.1, -0.05) is 12.1 Å². The topological polar surface area (TPSA) is 93.5 Å². The van der Waals surface area contributed by atoms with Crippen LogP contribution in [0.5, 0.6) is 0 Å². The molecule has 0 bridgehead atoms. The second-order valence-electron chi connectivity index (χ2n) is 5.25. The molecule has 2 N–H and O–H groups in total. The number of non-ortho nitro benzene ring substituents is 1. The number of nitrogens with zero attached hydrogens (tertiary/aromatic N) is 1. The first-order valence-electron chi connectivity index (χ1n) is 6.79. The molecular weight excluding hydrogens is 274 g/mol. The standard InChI is InChI=1S/C14H19N3O4/c1-21-10-14(6-7-15-9-14)13(18)16-8-11-2-4-12(5-3-11)17(19)20/h2-5,15H,6-10H2,1H3,(H,16,18). The van der Waals surface area contributed by atoms with E-state index in [1.165, 1.54) is 12.1 Å². The molecule has 0 spiro atoms. The van der Waals surface area contributed by atoms with Crippen LogP contribution < -0.4 is 10.6 Å². The van der Waals surface area contributed by atoms with Gasteiger partial charge in [-0.25, -0.2) is 0 Å². The van der Waals surface area contributed by atoms with Crippen LogP contribution >= 0.6 is 0 Å². The molecule has 1 saturated heterocycles. The monoisotopic (exact) mass is 293 g/mol. The molecule has 7 nitrogen and oxygen atoms in total. The van der Waals surface area contributed by atoms with Gasteiger partial charge >= 0.3 is 0 Å². The van der Waals surface area contributed by atoms with E-state index in [1.54, 1.807) is 19.2 Å². The van der Waals surface area contributed by atoms with Crippen molar-refractivity contribution in [2.75, 3.05) is 26.8 Å². The van der Waals surface area contributed by atoms with Crippen LogP contribution in [0.4, 0.5) is 5.69 Å². The molecule has 0 aromatic heterocycles. The van der Waals surface area contributed by atoms with E-state index in [0.29, 0.717) is 19.7 Å². The van der Waals surface area contributed by atoms with Crippen molar-refractivity contribution in [3.8, 4) is 0 Å². The van der Waals surface area contributed by atoms with E-state index in [4.69, 9.17) is 4.74 Å². The van der Waals surface area contributed by atoms with E-state index in [9.17, 15) is 14.9 Å². The average Bonchev–Trinajstić information content (AvgIpc) is 2.95. The molecule has 7 heteroatoms. The largest absolute Gasteiger partial charge is 0.384 e. The van der Waals surface area contributed by atoms with Crippen molar-refractivity contribution in [1.82, 2.24) is 10.6 Å². The summed E-state index contributed by atoms with van der Waals surface area (Å²) in [7, 11) is 1.59. The number of hydrogen-bond donors (Lipinski definition) is 2. The highest BCUT2D eigenvalue weighted by Gasteiger charge is 2.41. The lowest BCUT2D eigenvalue weighted by Gasteiger charge is -2.25. The smallest absolute Gasteiger partial charge is 0.269 e. The highest BCUT2D eigenvalue weighted by Crippen LogP contribution is 2.26. The Morgan fingerprint density at radius 2 is 2.19 bits per heavy atom. The molecule has 1 aliphatic heterocycles. The number of ether oxygens (including phenoxy) is 1. The second kappa shape index (κ2) is 6.64. The van der Waals surface area contributed by atoms with Crippen LogP contribution in [-0.4, -0.2) is 37.6 Å². The third-order valence-corrected chi connectivity index (χ3v) is 3.75. The molecule has 0 saturated carbocycles. The molecule has 2 rings (SSSR count). The van der Waals surface area contributed by atoms with Gasteiger partial charge in [0.05, 0.1) is 16.9 Å². The van der Waals surface area contributed by atoms with Crippen molar-refractivity contribution in [3.63, 3.8) is 0 Å². The van der Waals surface area contributed by atoms with Crippen molar-refractivity contribution < 1.29 is 14.5 Å². The maximum absolute atomic E-state index is 12.4. The van der Waals surface area contributed by atoms with Gasteiger partial charge < -0.3 is 15.4 Å². The van der Waals surface area contributed by atoms with Crippen molar-refractivity contribution in [3.05, 3.63) is 39.9 Å². The summed E-state index contributed by atoms with van der Waals surface area (Å²) in [6.45, 7) is 2.13. The normalized spacial score (nSPS) is 21.2. The van der Waals surface area contributed by atoms with Gasteiger partial charge in [-0.2, -0.15) is 0 Å². The van der Waals surface area contributed by atoms with Crippen LogP contribution in [0.3, 0.4) is 0 Å². The second-order valence-corrected chi connectivity index (χ2v) is 5.25. The zero-order chi connectivity index (χ0) is 15.3. The first-order valence-corrected chi connectivity index (χ1v) is 6.79. The molecule has 1 aromatic rings. The number of carbonyl (C=O) groups excluding carboxylic acids is 1. The Morgan fingerprint density at radius 1 is 1.48 bits per heavy atom. The lowest BCUT2D eigenvalue weighted by molar-refractivity contribution is -0.384. The van der Waals surface area contributed by atoms with Crippen LogP contribution in [0.2, 0.25) is 0 Å². The number of methoxy groups -OCH3 is 1. The molecule has 1 amide bonds. The lowest BCUT2D eigenvalue weighted by atomic mass is 9.87. The molecule has 0 radical (unpaired) electrons. The molecule has 1 fully saturated rings. The quantitative estimate of drug-likeness (QED) is 0.599. The molecule has 1 aromatic carbocycles. The fourth-order valence-electron chi connectivity index (χ4n) is 2.51. The van der Waals surface area contributed by atoms with Crippen LogP contribution in [-0.2, 0) is 16.1 Å². The summed E-state index contributed by atoms with van der Waals surface area (Å²) in [4.78, 5) is 22.5. The molecule has 0 aliphatic carbocycles. The Morgan fingerprint density at radius 3 is 2.71 bits per heavy atom. The van der Waals surface area contributed by atoms with Crippen LogP contribution in [0.1, 0.15) is 12.0 Å².